The molecule has 0 radical (unpaired) electrons. The zero-order valence-corrected chi connectivity index (χ0v) is 15.5. The molecule has 0 unspecified atom stereocenters. The molecule has 0 N–H and O–H groups in total. The first-order valence-corrected chi connectivity index (χ1v) is 9.90. The number of carbonyl (C=O) groups is 1. The minimum absolute atomic E-state index is 0.0976. The molecular weight excluding hydrogens is 342 g/mol. The van der Waals surface area contributed by atoms with Gasteiger partial charge in [0.2, 0.25) is 0 Å². The number of carbonyl (C=O) groups excluding carboxylic acids is 1. The number of ketones is 1. The molecule has 0 amide bonds. The summed E-state index contributed by atoms with van der Waals surface area (Å²) in [6.07, 6.45) is 2.38. The number of benzene rings is 2. The van der Waals surface area contributed by atoms with Gasteiger partial charge in [0.05, 0.1) is 0 Å². The van der Waals surface area contributed by atoms with Gasteiger partial charge < -0.3 is 4.57 Å². The largest absolute Gasteiger partial charge is 0.306 e. The first-order chi connectivity index (χ1) is 12.8. The second kappa shape index (κ2) is 7.46. The Morgan fingerprint density at radius 3 is 2.35 bits per heavy atom. The fourth-order valence-electron chi connectivity index (χ4n) is 3.09. The molecule has 3 aromatic rings. The summed E-state index contributed by atoms with van der Waals surface area (Å²) < 4.78 is 2.16. The maximum atomic E-state index is 13.2. The van der Waals surface area contributed by atoms with Gasteiger partial charge >= 0.3 is 0 Å². The number of Topliss-reactive ketones (excluding diaryl/α,β-unsaturated/α-hetero) is 1. The van der Waals surface area contributed by atoms with Crippen LogP contribution in [0.5, 0.6) is 0 Å². The minimum atomic E-state index is -0.333. The summed E-state index contributed by atoms with van der Waals surface area (Å²) in [7, 11) is 0. The lowest BCUT2D eigenvalue weighted by Crippen LogP contribution is -2.11. The van der Waals surface area contributed by atoms with E-state index < -0.39 is 0 Å². The van der Waals surface area contributed by atoms with Crippen LogP contribution in [0.4, 0.5) is 0 Å². The van der Waals surface area contributed by atoms with Crippen molar-refractivity contribution in [3.05, 3.63) is 77.6 Å². The zero-order valence-electron chi connectivity index (χ0n) is 14.7. The van der Waals surface area contributed by atoms with E-state index in [1.54, 1.807) is 0 Å². The maximum absolute atomic E-state index is 13.2. The van der Waals surface area contributed by atoms with Crippen molar-refractivity contribution in [1.82, 2.24) is 14.8 Å². The van der Waals surface area contributed by atoms with E-state index >= 15 is 0 Å². The predicted octanol–water partition coefficient (Wildman–Crippen LogP) is 4.89. The molecule has 0 saturated heterocycles. The van der Waals surface area contributed by atoms with Crippen LogP contribution in [0.15, 0.2) is 65.8 Å². The summed E-state index contributed by atoms with van der Waals surface area (Å²) in [4.78, 5) is 13.2. The lowest BCUT2D eigenvalue weighted by atomic mass is 10.0. The van der Waals surface area contributed by atoms with Crippen molar-refractivity contribution in [1.29, 1.82) is 0 Å². The van der Waals surface area contributed by atoms with Gasteiger partial charge in [0, 0.05) is 18.0 Å². The third-order valence-corrected chi connectivity index (χ3v) is 5.86. The Morgan fingerprint density at radius 1 is 1.08 bits per heavy atom. The van der Waals surface area contributed by atoms with Gasteiger partial charge in [0.1, 0.15) is 11.1 Å². The molecule has 1 aliphatic rings. The second-order valence-electron chi connectivity index (χ2n) is 6.50. The molecule has 1 aromatic heterocycles. The molecule has 0 aliphatic heterocycles. The summed E-state index contributed by atoms with van der Waals surface area (Å²) in [6, 6.07) is 19.4. The van der Waals surface area contributed by atoms with Crippen molar-refractivity contribution >= 4 is 17.5 Å². The quantitative estimate of drug-likeness (QED) is 0.443. The Morgan fingerprint density at radius 2 is 1.73 bits per heavy atom. The molecule has 1 fully saturated rings. The minimum Gasteiger partial charge on any atom is -0.306 e. The first kappa shape index (κ1) is 17.0. The molecule has 132 valence electrons. The molecule has 1 atom stereocenters. The van der Waals surface area contributed by atoms with Crippen molar-refractivity contribution in [3.8, 4) is 0 Å². The molecule has 1 saturated carbocycles. The van der Waals surface area contributed by atoms with Crippen molar-refractivity contribution in [3.63, 3.8) is 0 Å². The fraction of sp³-hybridized carbons (Fsp3) is 0.286. The molecule has 1 heterocycles. The third kappa shape index (κ3) is 3.44. The van der Waals surface area contributed by atoms with Crippen molar-refractivity contribution < 1.29 is 4.79 Å². The van der Waals surface area contributed by atoms with Crippen LogP contribution in [-0.2, 0) is 6.54 Å². The second-order valence-corrected chi connectivity index (χ2v) is 7.57. The zero-order chi connectivity index (χ0) is 17.9. The Labute approximate surface area is 157 Å². The molecule has 5 heteroatoms. The average Bonchev–Trinajstić information content (AvgIpc) is 3.47. The molecular formula is C21H21N3OS. The highest BCUT2D eigenvalue weighted by Gasteiger charge is 2.32. The highest BCUT2D eigenvalue weighted by molar-refractivity contribution is 8.00. The number of hydrogen-bond acceptors (Lipinski definition) is 4. The van der Waals surface area contributed by atoms with Crippen molar-refractivity contribution in [2.75, 3.05) is 0 Å². The lowest BCUT2D eigenvalue weighted by molar-refractivity contribution is 0.0989. The van der Waals surface area contributed by atoms with E-state index in [0.717, 1.165) is 28.7 Å². The summed E-state index contributed by atoms with van der Waals surface area (Å²) in [5.74, 6) is 1.70. The van der Waals surface area contributed by atoms with Crippen LogP contribution < -0.4 is 0 Å². The molecule has 26 heavy (non-hydrogen) atoms. The fourth-order valence-corrected chi connectivity index (χ4v) is 4.27. The SMILES string of the molecule is CCn1c(S[C@H](C(=O)c2ccccc2)c2ccccc2)nnc1C1CC1. The van der Waals surface area contributed by atoms with Crippen molar-refractivity contribution in [2.45, 2.75) is 42.6 Å². The predicted molar refractivity (Wildman–Crippen MR) is 103 cm³/mol. The highest BCUT2D eigenvalue weighted by atomic mass is 32.2. The van der Waals surface area contributed by atoms with Gasteiger partial charge in [-0.3, -0.25) is 4.79 Å². The summed E-state index contributed by atoms with van der Waals surface area (Å²) in [6.45, 7) is 2.93. The number of rotatable bonds is 7. The van der Waals surface area contributed by atoms with Crippen LogP contribution in [-0.4, -0.2) is 20.5 Å². The normalized spacial score (nSPS) is 15.0. The molecule has 4 nitrogen and oxygen atoms in total. The monoisotopic (exact) mass is 363 g/mol. The average molecular weight is 363 g/mol. The standard InChI is InChI=1S/C21H21N3OS/c1-2-24-20(17-13-14-17)22-23-21(24)26-19(16-11-7-4-8-12-16)18(25)15-9-5-3-6-10-15/h3-12,17,19H,2,13-14H2,1H3/t19-/m0/s1. The molecule has 4 rings (SSSR count). The van der Waals surface area contributed by atoms with E-state index in [2.05, 4.69) is 21.7 Å². The van der Waals surface area contributed by atoms with Gasteiger partial charge in [-0.25, -0.2) is 0 Å². The van der Waals surface area contributed by atoms with Gasteiger partial charge in [-0.1, -0.05) is 72.4 Å². The van der Waals surface area contributed by atoms with Gasteiger partial charge in [-0.05, 0) is 25.3 Å². The van der Waals surface area contributed by atoms with E-state index in [1.165, 1.54) is 24.6 Å². The smallest absolute Gasteiger partial charge is 0.192 e. The van der Waals surface area contributed by atoms with E-state index in [-0.39, 0.29) is 11.0 Å². The maximum Gasteiger partial charge on any atom is 0.192 e. The topological polar surface area (TPSA) is 47.8 Å². The third-order valence-electron chi connectivity index (χ3n) is 4.63. The Balaban J connectivity index is 1.69. The van der Waals surface area contributed by atoms with Gasteiger partial charge in [0.15, 0.2) is 10.9 Å². The summed E-state index contributed by atoms with van der Waals surface area (Å²) in [5.41, 5.74) is 1.71. The Hall–Kier alpha value is -2.40. The number of aromatic nitrogens is 3. The van der Waals surface area contributed by atoms with Crippen LogP contribution in [0.25, 0.3) is 0 Å². The van der Waals surface area contributed by atoms with Crippen LogP contribution in [0.1, 0.15) is 52.7 Å². The first-order valence-electron chi connectivity index (χ1n) is 9.02. The number of thioether (sulfide) groups is 1. The lowest BCUT2D eigenvalue weighted by Gasteiger charge is -2.16. The van der Waals surface area contributed by atoms with E-state index in [1.807, 2.05) is 60.7 Å². The molecule has 0 spiro atoms. The molecule has 2 aromatic carbocycles. The Kier molecular flexibility index (Phi) is 4.89. The molecule has 1 aliphatic carbocycles. The summed E-state index contributed by atoms with van der Waals surface area (Å²) >= 11 is 1.50. The van der Waals surface area contributed by atoms with E-state index in [9.17, 15) is 4.79 Å². The van der Waals surface area contributed by atoms with Gasteiger partial charge in [0.25, 0.3) is 0 Å². The van der Waals surface area contributed by atoms with Crippen LogP contribution in [0.3, 0.4) is 0 Å². The highest BCUT2D eigenvalue weighted by Crippen LogP contribution is 2.42. The van der Waals surface area contributed by atoms with Gasteiger partial charge in [-0.15, -0.1) is 10.2 Å². The van der Waals surface area contributed by atoms with Crippen LogP contribution in [0.2, 0.25) is 0 Å². The van der Waals surface area contributed by atoms with Gasteiger partial charge in [-0.2, -0.15) is 0 Å². The van der Waals surface area contributed by atoms with Crippen molar-refractivity contribution in [2.24, 2.45) is 0 Å². The number of nitrogens with zero attached hydrogens (tertiary/aromatic N) is 3. The molecule has 0 bridgehead atoms. The van der Waals surface area contributed by atoms with E-state index in [4.69, 9.17) is 0 Å². The summed E-state index contributed by atoms with van der Waals surface area (Å²) in [5, 5.41) is 9.32. The van der Waals surface area contributed by atoms with Crippen LogP contribution in [0, 0.1) is 0 Å². The number of hydrogen-bond donors (Lipinski definition) is 0. The van der Waals surface area contributed by atoms with E-state index in [0.29, 0.717) is 5.92 Å². The Bertz CT molecular complexity index is 888. The van der Waals surface area contributed by atoms with Crippen LogP contribution >= 0.6 is 11.8 Å².